The van der Waals surface area contributed by atoms with Crippen molar-refractivity contribution in [1.82, 2.24) is 20.0 Å². The van der Waals surface area contributed by atoms with E-state index in [1.807, 2.05) is 4.90 Å². The molecule has 1 aliphatic heterocycles. The summed E-state index contributed by atoms with van der Waals surface area (Å²) in [4.78, 5) is 40.7. The van der Waals surface area contributed by atoms with Crippen molar-refractivity contribution in [2.24, 2.45) is 15.9 Å². The summed E-state index contributed by atoms with van der Waals surface area (Å²) in [7, 11) is 5.83. The van der Waals surface area contributed by atoms with Crippen LogP contribution in [0.1, 0.15) is 63.9 Å². The van der Waals surface area contributed by atoms with E-state index in [0.717, 1.165) is 32.2 Å². The number of ether oxygens (including phenoxy) is 1. The Morgan fingerprint density at radius 1 is 1.21 bits per heavy atom. The van der Waals surface area contributed by atoms with Crippen LogP contribution in [0.2, 0.25) is 0 Å². The summed E-state index contributed by atoms with van der Waals surface area (Å²) in [5.74, 6) is 1.07. The molecule has 0 unspecified atom stereocenters. The molecule has 1 aromatic carbocycles. The smallest absolute Gasteiger partial charge is 0.320 e. The fraction of sp³-hybridized carbons (Fsp3) is 0.600. The lowest BCUT2D eigenvalue weighted by atomic mass is 9.68. The van der Waals surface area contributed by atoms with E-state index in [2.05, 4.69) is 76.2 Å². The van der Waals surface area contributed by atoms with Gasteiger partial charge in [0.05, 0.1) is 18.8 Å². The molecule has 0 aromatic heterocycles. The first kappa shape index (κ1) is 28.8. The number of benzene rings is 1. The molecule has 1 heterocycles. The molecular weight excluding hydrogens is 492 g/mol. The predicted molar refractivity (Wildman–Crippen MR) is 155 cm³/mol. The lowest BCUT2D eigenvalue weighted by Crippen LogP contribution is -2.56. The molecule has 0 atom stereocenters. The number of urea groups is 1. The summed E-state index contributed by atoms with van der Waals surface area (Å²) in [5, 5.41) is 2.79. The number of hydrogen-bond acceptors (Lipinski definition) is 6. The van der Waals surface area contributed by atoms with Crippen LogP contribution < -0.4 is 5.32 Å². The molecule has 39 heavy (non-hydrogen) atoms. The zero-order valence-corrected chi connectivity index (χ0v) is 24.0. The van der Waals surface area contributed by atoms with Gasteiger partial charge in [0.15, 0.2) is 0 Å². The van der Waals surface area contributed by atoms with Gasteiger partial charge >= 0.3 is 6.03 Å². The van der Waals surface area contributed by atoms with Crippen molar-refractivity contribution in [2.45, 2.75) is 69.4 Å². The molecule has 1 spiro atoms. The van der Waals surface area contributed by atoms with Crippen molar-refractivity contribution in [3.05, 3.63) is 48.0 Å². The number of rotatable bonds is 10. The Morgan fingerprint density at radius 3 is 2.46 bits per heavy atom. The molecule has 3 amide bonds. The van der Waals surface area contributed by atoms with Crippen molar-refractivity contribution < 1.29 is 14.3 Å². The van der Waals surface area contributed by atoms with Crippen LogP contribution in [0.4, 0.5) is 4.79 Å². The van der Waals surface area contributed by atoms with Crippen LogP contribution in [-0.4, -0.2) is 85.6 Å². The van der Waals surface area contributed by atoms with E-state index < -0.39 is 0 Å². The highest BCUT2D eigenvalue weighted by Crippen LogP contribution is 2.49. The second-order valence-electron chi connectivity index (χ2n) is 11.5. The molecule has 0 radical (unpaired) electrons. The summed E-state index contributed by atoms with van der Waals surface area (Å²) >= 11 is 0. The van der Waals surface area contributed by atoms with Gasteiger partial charge in [0, 0.05) is 31.6 Å². The number of nitrogens with zero attached hydrogens (tertiary/aromatic N) is 5. The number of carbonyl (C=O) groups excluding carboxylic acids is 2. The van der Waals surface area contributed by atoms with Crippen LogP contribution in [-0.2, 0) is 15.1 Å². The van der Waals surface area contributed by atoms with Gasteiger partial charge in [0.1, 0.15) is 5.84 Å². The van der Waals surface area contributed by atoms with E-state index in [1.54, 1.807) is 6.92 Å². The standard InChI is InChI=1S/C30H44N6O3/c1-23(33-27(39-5)20-31-2)32-26(37)14-19-35-22-29(36(28(35)38)21-24-10-9-11-24)15-17-30(18-16-29,34(3)4)25-12-7-6-8-13-25/h6-8,12-13,20,24H,2,9-11,14-19,21-22H2,1,3-5H3,(H,32,33,37)/b27-20+/t29-,30+. The maximum absolute atomic E-state index is 13.8. The largest absolute Gasteiger partial charge is 0.480 e. The molecule has 2 saturated carbocycles. The van der Waals surface area contributed by atoms with E-state index in [-0.39, 0.29) is 35.3 Å². The van der Waals surface area contributed by atoms with Crippen molar-refractivity contribution in [3.8, 4) is 0 Å². The quantitative estimate of drug-likeness (QED) is 0.273. The average molecular weight is 537 g/mol. The van der Waals surface area contributed by atoms with Crippen molar-refractivity contribution in [3.63, 3.8) is 0 Å². The summed E-state index contributed by atoms with van der Waals surface area (Å²) in [6, 6.07) is 10.9. The fourth-order valence-corrected chi connectivity index (χ4v) is 6.46. The number of methoxy groups -OCH3 is 1. The highest BCUT2D eigenvalue weighted by atomic mass is 16.5. The van der Waals surface area contributed by atoms with Gasteiger partial charge in [-0.1, -0.05) is 36.8 Å². The normalized spacial score (nSPS) is 26.2. The van der Waals surface area contributed by atoms with Gasteiger partial charge in [-0.05, 0) is 77.7 Å². The minimum atomic E-state index is -0.183. The average Bonchev–Trinajstić information content (AvgIpc) is 3.15. The van der Waals surface area contributed by atoms with E-state index in [1.165, 1.54) is 38.1 Å². The van der Waals surface area contributed by atoms with Gasteiger partial charge in [-0.15, -0.1) is 0 Å². The third-order valence-corrected chi connectivity index (χ3v) is 9.02. The van der Waals surface area contributed by atoms with Crippen LogP contribution in [0.25, 0.3) is 0 Å². The molecule has 1 aromatic rings. The third-order valence-electron chi connectivity index (χ3n) is 9.02. The van der Waals surface area contributed by atoms with Gasteiger partial charge in [-0.3, -0.25) is 14.7 Å². The lowest BCUT2D eigenvalue weighted by Gasteiger charge is -2.51. The zero-order valence-electron chi connectivity index (χ0n) is 24.0. The highest BCUT2D eigenvalue weighted by Gasteiger charge is 2.54. The molecule has 212 valence electrons. The van der Waals surface area contributed by atoms with Gasteiger partial charge in [-0.2, -0.15) is 4.99 Å². The van der Waals surface area contributed by atoms with Crippen LogP contribution in [0.3, 0.4) is 0 Å². The van der Waals surface area contributed by atoms with Crippen molar-refractivity contribution in [1.29, 1.82) is 0 Å². The topological polar surface area (TPSA) is 89.8 Å². The maximum atomic E-state index is 13.8. The summed E-state index contributed by atoms with van der Waals surface area (Å²) in [6.45, 7) is 6.98. The van der Waals surface area contributed by atoms with E-state index in [4.69, 9.17) is 4.74 Å². The first-order valence-electron chi connectivity index (χ1n) is 14.1. The number of amides is 3. The molecule has 3 aliphatic rings. The second kappa shape index (κ2) is 12.3. The number of nitrogens with one attached hydrogen (secondary N) is 1. The Kier molecular flexibility index (Phi) is 9.10. The minimum Gasteiger partial charge on any atom is -0.480 e. The van der Waals surface area contributed by atoms with Crippen molar-refractivity contribution >= 4 is 24.5 Å². The molecule has 9 nitrogen and oxygen atoms in total. The second-order valence-corrected chi connectivity index (χ2v) is 11.5. The fourth-order valence-electron chi connectivity index (χ4n) is 6.46. The molecule has 3 fully saturated rings. The molecule has 1 N–H and O–H groups in total. The van der Waals surface area contributed by atoms with E-state index in [9.17, 15) is 9.59 Å². The summed E-state index contributed by atoms with van der Waals surface area (Å²) in [5.41, 5.74) is 1.14. The maximum Gasteiger partial charge on any atom is 0.320 e. The Bertz CT molecular complexity index is 1090. The molecule has 9 heteroatoms. The Balaban J connectivity index is 1.45. The third kappa shape index (κ3) is 6.19. The first-order chi connectivity index (χ1) is 18.7. The number of amidine groups is 1. The van der Waals surface area contributed by atoms with Gasteiger partial charge in [0.2, 0.25) is 11.8 Å². The minimum absolute atomic E-state index is 0.0293. The number of carbonyl (C=O) groups is 2. The van der Waals surface area contributed by atoms with Crippen LogP contribution in [0.5, 0.6) is 0 Å². The van der Waals surface area contributed by atoms with Gasteiger partial charge in [0.25, 0.3) is 0 Å². The Hall–Kier alpha value is -3.20. The SMILES string of the molecule is C=N/C=C(\N=C(/C)NC(=O)CCN1C[C@]2(CC[C@](c3ccccc3)(N(C)C)CC2)N(CC2CCC2)C1=O)OC. The molecular formula is C30H44N6O3. The van der Waals surface area contributed by atoms with E-state index >= 15 is 0 Å². The van der Waals surface area contributed by atoms with Crippen LogP contribution in [0, 0.1) is 5.92 Å². The molecule has 1 saturated heterocycles. The number of hydrogen-bond donors (Lipinski definition) is 1. The zero-order chi connectivity index (χ0) is 28.0. The Labute approximate surface area is 233 Å². The highest BCUT2D eigenvalue weighted by molar-refractivity contribution is 5.97. The predicted octanol–water partition coefficient (Wildman–Crippen LogP) is 4.36. The summed E-state index contributed by atoms with van der Waals surface area (Å²) in [6.07, 6.45) is 9.15. The van der Waals surface area contributed by atoms with Gasteiger partial charge in [-0.25, -0.2) is 4.79 Å². The lowest BCUT2D eigenvalue weighted by molar-refractivity contribution is -0.119. The molecule has 2 aliphatic carbocycles. The van der Waals surface area contributed by atoms with Crippen LogP contribution in [0.15, 0.2) is 52.4 Å². The Morgan fingerprint density at radius 2 is 1.90 bits per heavy atom. The van der Waals surface area contributed by atoms with Crippen molar-refractivity contribution in [2.75, 3.05) is 40.8 Å². The van der Waals surface area contributed by atoms with Crippen LogP contribution >= 0.6 is 0 Å². The molecule has 4 rings (SSSR count). The molecule has 0 bridgehead atoms. The monoisotopic (exact) mass is 536 g/mol. The first-order valence-corrected chi connectivity index (χ1v) is 14.1. The number of aliphatic imine (C=N–C) groups is 2. The summed E-state index contributed by atoms with van der Waals surface area (Å²) < 4.78 is 5.10. The van der Waals surface area contributed by atoms with E-state index in [0.29, 0.717) is 24.8 Å². The van der Waals surface area contributed by atoms with Gasteiger partial charge < -0.3 is 19.9 Å².